The topological polar surface area (TPSA) is 32.3 Å². The third-order valence-corrected chi connectivity index (χ3v) is 3.56. The molecule has 1 fully saturated rings. The summed E-state index contributed by atoms with van der Waals surface area (Å²) in [5.41, 5.74) is 0.894. The van der Waals surface area contributed by atoms with Gasteiger partial charge in [-0.25, -0.2) is 0 Å². The minimum atomic E-state index is -0.246. The molecular formula is C11H13BrClNO. The minimum Gasteiger partial charge on any atom is -0.391 e. The van der Waals surface area contributed by atoms with E-state index in [9.17, 15) is 5.11 Å². The molecule has 0 aliphatic heterocycles. The number of benzene rings is 1. The summed E-state index contributed by atoms with van der Waals surface area (Å²) in [5, 5.41) is 13.6. The molecule has 82 valence electrons. The molecule has 0 bridgehead atoms. The van der Waals surface area contributed by atoms with Crippen LogP contribution in [0.25, 0.3) is 0 Å². The lowest BCUT2D eigenvalue weighted by Gasteiger charge is -2.18. The highest BCUT2D eigenvalue weighted by Gasteiger charge is 2.25. The number of nitrogens with one attached hydrogen (secondary N) is 1. The molecule has 0 radical (unpaired) electrons. The van der Waals surface area contributed by atoms with Gasteiger partial charge in [-0.1, -0.05) is 27.5 Å². The first-order valence-corrected chi connectivity index (χ1v) is 6.23. The summed E-state index contributed by atoms with van der Waals surface area (Å²) in [6.07, 6.45) is 2.72. The van der Waals surface area contributed by atoms with Gasteiger partial charge in [0, 0.05) is 4.47 Å². The zero-order valence-electron chi connectivity index (χ0n) is 8.21. The summed E-state index contributed by atoms with van der Waals surface area (Å²) >= 11 is 9.44. The van der Waals surface area contributed by atoms with Crippen LogP contribution in [-0.4, -0.2) is 17.3 Å². The largest absolute Gasteiger partial charge is 0.391 e. The molecular weight excluding hydrogens is 277 g/mol. The SMILES string of the molecule is OC1CCCC1Nc1ccc(Br)cc1Cl. The number of hydrogen-bond acceptors (Lipinski definition) is 2. The molecule has 2 rings (SSSR count). The summed E-state index contributed by atoms with van der Waals surface area (Å²) in [6.45, 7) is 0. The van der Waals surface area contributed by atoms with E-state index in [1.807, 2.05) is 18.2 Å². The average molecular weight is 291 g/mol. The van der Waals surface area contributed by atoms with Gasteiger partial charge in [0.2, 0.25) is 0 Å². The van der Waals surface area contributed by atoms with Gasteiger partial charge in [-0.15, -0.1) is 0 Å². The van der Waals surface area contributed by atoms with Crippen molar-refractivity contribution in [1.29, 1.82) is 0 Å². The predicted octanol–water partition coefficient (Wildman–Crippen LogP) is 3.43. The van der Waals surface area contributed by atoms with Crippen molar-refractivity contribution in [1.82, 2.24) is 0 Å². The summed E-state index contributed by atoms with van der Waals surface area (Å²) in [6, 6.07) is 5.86. The number of hydrogen-bond donors (Lipinski definition) is 2. The summed E-state index contributed by atoms with van der Waals surface area (Å²) in [7, 11) is 0. The van der Waals surface area contributed by atoms with Crippen molar-refractivity contribution < 1.29 is 5.11 Å². The van der Waals surface area contributed by atoms with Crippen molar-refractivity contribution in [2.45, 2.75) is 31.4 Å². The Labute approximate surface area is 103 Å². The maximum atomic E-state index is 9.68. The number of rotatable bonds is 2. The molecule has 1 aromatic rings. The van der Waals surface area contributed by atoms with Crippen LogP contribution in [-0.2, 0) is 0 Å². The summed E-state index contributed by atoms with van der Waals surface area (Å²) < 4.78 is 0.963. The second kappa shape index (κ2) is 4.73. The van der Waals surface area contributed by atoms with Crippen LogP contribution in [0.4, 0.5) is 5.69 Å². The third-order valence-electron chi connectivity index (χ3n) is 2.75. The Morgan fingerprint density at radius 1 is 1.40 bits per heavy atom. The minimum absolute atomic E-state index is 0.142. The van der Waals surface area contributed by atoms with Crippen molar-refractivity contribution in [2.75, 3.05) is 5.32 Å². The highest BCUT2D eigenvalue weighted by molar-refractivity contribution is 9.10. The molecule has 2 N–H and O–H groups in total. The van der Waals surface area contributed by atoms with Gasteiger partial charge in [-0.3, -0.25) is 0 Å². The van der Waals surface area contributed by atoms with Gasteiger partial charge in [0.15, 0.2) is 0 Å². The first-order valence-electron chi connectivity index (χ1n) is 5.06. The third kappa shape index (κ3) is 2.65. The van der Waals surface area contributed by atoms with Crippen molar-refractivity contribution in [3.8, 4) is 0 Å². The van der Waals surface area contributed by atoms with Crippen LogP contribution in [0.1, 0.15) is 19.3 Å². The number of halogens is 2. The van der Waals surface area contributed by atoms with Crippen LogP contribution in [0.3, 0.4) is 0 Å². The smallest absolute Gasteiger partial charge is 0.0741 e. The van der Waals surface area contributed by atoms with E-state index in [2.05, 4.69) is 21.2 Å². The molecule has 1 aliphatic carbocycles. The Hall–Kier alpha value is -0.250. The van der Waals surface area contributed by atoms with Crippen LogP contribution in [0.15, 0.2) is 22.7 Å². The molecule has 1 saturated carbocycles. The van der Waals surface area contributed by atoms with Gasteiger partial charge in [0.05, 0.1) is 22.9 Å². The molecule has 2 unspecified atom stereocenters. The molecule has 0 saturated heterocycles. The lowest BCUT2D eigenvalue weighted by molar-refractivity contribution is 0.172. The van der Waals surface area contributed by atoms with E-state index in [1.165, 1.54) is 0 Å². The molecule has 2 nitrogen and oxygen atoms in total. The maximum Gasteiger partial charge on any atom is 0.0741 e. The van der Waals surface area contributed by atoms with Crippen LogP contribution in [0.2, 0.25) is 5.02 Å². The second-order valence-corrected chi connectivity index (χ2v) is 5.20. The fraction of sp³-hybridized carbons (Fsp3) is 0.455. The molecule has 2 atom stereocenters. The van der Waals surface area contributed by atoms with Gasteiger partial charge in [0.25, 0.3) is 0 Å². The fourth-order valence-corrected chi connectivity index (χ4v) is 2.64. The van der Waals surface area contributed by atoms with Crippen LogP contribution in [0, 0.1) is 0 Å². The van der Waals surface area contributed by atoms with Crippen LogP contribution >= 0.6 is 27.5 Å². The Morgan fingerprint density at radius 3 is 2.80 bits per heavy atom. The van der Waals surface area contributed by atoms with Crippen LogP contribution < -0.4 is 5.32 Å². The fourth-order valence-electron chi connectivity index (χ4n) is 1.92. The molecule has 4 heteroatoms. The monoisotopic (exact) mass is 289 g/mol. The lowest BCUT2D eigenvalue weighted by atomic mass is 10.2. The zero-order chi connectivity index (χ0) is 10.8. The lowest BCUT2D eigenvalue weighted by Crippen LogP contribution is -2.27. The number of anilines is 1. The van der Waals surface area contributed by atoms with Gasteiger partial charge in [-0.2, -0.15) is 0 Å². The van der Waals surface area contributed by atoms with E-state index in [-0.39, 0.29) is 12.1 Å². The highest BCUT2D eigenvalue weighted by Crippen LogP contribution is 2.29. The standard InChI is InChI=1S/C11H13BrClNO/c12-7-4-5-9(8(13)6-7)14-10-2-1-3-11(10)15/h4-6,10-11,14-15H,1-3H2. The normalized spacial score (nSPS) is 25.5. The quantitative estimate of drug-likeness (QED) is 0.874. The van der Waals surface area contributed by atoms with Gasteiger partial charge in [-0.05, 0) is 37.5 Å². The number of aliphatic hydroxyl groups is 1. The van der Waals surface area contributed by atoms with E-state index < -0.39 is 0 Å². The molecule has 0 aromatic heterocycles. The molecule has 1 aliphatic rings. The Bertz CT molecular complexity index is 358. The Morgan fingerprint density at radius 2 is 2.20 bits per heavy atom. The van der Waals surface area contributed by atoms with Crippen molar-refractivity contribution in [3.05, 3.63) is 27.7 Å². The first kappa shape index (κ1) is 11.2. The Balaban J connectivity index is 2.10. The maximum absolute atomic E-state index is 9.68. The average Bonchev–Trinajstić information content (AvgIpc) is 2.57. The van der Waals surface area contributed by atoms with Crippen molar-refractivity contribution in [3.63, 3.8) is 0 Å². The molecule has 1 aromatic carbocycles. The van der Waals surface area contributed by atoms with Crippen molar-refractivity contribution >= 4 is 33.2 Å². The van der Waals surface area contributed by atoms with Crippen LogP contribution in [0.5, 0.6) is 0 Å². The first-order chi connectivity index (χ1) is 7.16. The van der Waals surface area contributed by atoms with Gasteiger partial charge >= 0.3 is 0 Å². The molecule has 15 heavy (non-hydrogen) atoms. The van der Waals surface area contributed by atoms with E-state index in [1.54, 1.807) is 0 Å². The Kier molecular flexibility index (Phi) is 3.54. The van der Waals surface area contributed by atoms with Crippen molar-refractivity contribution in [2.24, 2.45) is 0 Å². The highest BCUT2D eigenvalue weighted by atomic mass is 79.9. The van der Waals surface area contributed by atoms with E-state index >= 15 is 0 Å². The zero-order valence-corrected chi connectivity index (χ0v) is 10.6. The number of aliphatic hydroxyl groups excluding tert-OH is 1. The molecule has 0 spiro atoms. The van der Waals surface area contributed by atoms with E-state index in [0.29, 0.717) is 5.02 Å². The van der Waals surface area contributed by atoms with E-state index in [0.717, 1.165) is 29.4 Å². The van der Waals surface area contributed by atoms with Gasteiger partial charge in [0.1, 0.15) is 0 Å². The summed E-state index contributed by atoms with van der Waals surface area (Å²) in [5.74, 6) is 0. The second-order valence-electron chi connectivity index (χ2n) is 3.87. The summed E-state index contributed by atoms with van der Waals surface area (Å²) in [4.78, 5) is 0. The van der Waals surface area contributed by atoms with E-state index in [4.69, 9.17) is 11.6 Å². The predicted molar refractivity (Wildman–Crippen MR) is 66.4 cm³/mol. The molecule has 0 heterocycles. The molecule has 0 amide bonds. The van der Waals surface area contributed by atoms with Gasteiger partial charge < -0.3 is 10.4 Å².